The number of carbonyl (C=O) groups excluding carboxylic acids is 1. The molecule has 1 amide bonds. The fraction of sp³-hybridized carbons (Fsp3) is 0.292. The molecule has 0 radical (unpaired) electrons. The summed E-state index contributed by atoms with van der Waals surface area (Å²) >= 11 is 0. The van der Waals surface area contributed by atoms with Gasteiger partial charge in [0.15, 0.2) is 0 Å². The van der Waals surface area contributed by atoms with Gasteiger partial charge in [-0.1, -0.05) is 18.2 Å². The smallest absolute Gasteiger partial charge is 0.394 e. The molecule has 7 nitrogen and oxygen atoms in total. The number of hydrogen-bond acceptors (Lipinski definition) is 5. The van der Waals surface area contributed by atoms with Gasteiger partial charge in [0.1, 0.15) is 11.4 Å². The van der Waals surface area contributed by atoms with E-state index in [0.717, 1.165) is 53.6 Å². The number of nitrogens with zero attached hydrogens (tertiary/aromatic N) is 2. The molecule has 184 valence electrons. The zero-order valence-corrected chi connectivity index (χ0v) is 18.3. The van der Waals surface area contributed by atoms with Crippen LogP contribution in [-0.2, 0) is 10.9 Å². The number of halogens is 4. The van der Waals surface area contributed by atoms with Crippen LogP contribution in [0.5, 0.6) is 0 Å². The molecule has 0 bridgehead atoms. The molecule has 11 heteroatoms. The number of aliphatic hydroxyl groups excluding tert-OH is 1. The Morgan fingerprint density at radius 3 is 2.54 bits per heavy atom. The summed E-state index contributed by atoms with van der Waals surface area (Å²) in [5, 5.41) is 16.5. The molecule has 3 aromatic rings. The first-order valence-electron chi connectivity index (χ1n) is 10.8. The molecule has 1 saturated heterocycles. The Bertz CT molecular complexity index is 1270. The lowest BCUT2D eigenvalue weighted by atomic mass is 10.1. The van der Waals surface area contributed by atoms with E-state index in [1.807, 2.05) is 0 Å². The van der Waals surface area contributed by atoms with Crippen LogP contribution in [0, 0.1) is 5.82 Å². The first-order valence-corrected chi connectivity index (χ1v) is 10.8. The van der Waals surface area contributed by atoms with Crippen LogP contribution in [0.15, 0.2) is 59.4 Å². The van der Waals surface area contributed by atoms with E-state index in [4.69, 9.17) is 4.74 Å². The summed E-state index contributed by atoms with van der Waals surface area (Å²) in [5.74, 6) is -1.48. The number of alkyl halides is 3. The highest BCUT2D eigenvalue weighted by molar-refractivity contribution is 5.95. The number of amides is 1. The quantitative estimate of drug-likeness (QED) is 0.516. The summed E-state index contributed by atoms with van der Waals surface area (Å²) in [5.41, 5.74) is -1.88. The van der Waals surface area contributed by atoms with Crippen molar-refractivity contribution < 1.29 is 32.2 Å². The average molecular weight is 491 g/mol. The maximum Gasteiger partial charge on any atom is 0.416 e. The SMILES string of the molecule is O=C(N[C@@H](CO)[C@H]1CCCO1)c1cc(-c2ccc(C(F)(F)F)cc2)nn(-c2cccc(F)c2)c1=O. The van der Waals surface area contributed by atoms with Gasteiger partial charge in [-0.2, -0.15) is 23.0 Å². The lowest BCUT2D eigenvalue weighted by molar-refractivity contribution is -0.137. The highest BCUT2D eigenvalue weighted by Crippen LogP contribution is 2.30. The molecule has 1 aliphatic heterocycles. The van der Waals surface area contributed by atoms with Crippen LogP contribution in [-0.4, -0.2) is 46.2 Å². The second-order valence-corrected chi connectivity index (χ2v) is 8.03. The van der Waals surface area contributed by atoms with Gasteiger partial charge in [0.2, 0.25) is 0 Å². The monoisotopic (exact) mass is 491 g/mol. The summed E-state index contributed by atoms with van der Waals surface area (Å²) in [6.07, 6.45) is -3.59. The lowest BCUT2D eigenvalue weighted by Gasteiger charge is -2.22. The Morgan fingerprint density at radius 2 is 1.94 bits per heavy atom. The number of benzene rings is 2. The van der Waals surface area contributed by atoms with E-state index >= 15 is 0 Å². The Hall–Kier alpha value is -3.57. The van der Waals surface area contributed by atoms with Gasteiger partial charge in [-0.25, -0.2) is 4.39 Å². The van der Waals surface area contributed by atoms with E-state index in [1.165, 1.54) is 12.1 Å². The van der Waals surface area contributed by atoms with Gasteiger partial charge in [0.05, 0.1) is 35.7 Å². The molecule has 0 spiro atoms. The van der Waals surface area contributed by atoms with Crippen molar-refractivity contribution in [3.05, 3.63) is 81.9 Å². The maximum atomic E-state index is 13.8. The fourth-order valence-corrected chi connectivity index (χ4v) is 3.83. The van der Waals surface area contributed by atoms with Gasteiger partial charge >= 0.3 is 6.18 Å². The average Bonchev–Trinajstić information content (AvgIpc) is 3.37. The number of aromatic nitrogens is 2. The number of ether oxygens (including phenoxy) is 1. The van der Waals surface area contributed by atoms with Crippen LogP contribution in [0.1, 0.15) is 28.8 Å². The van der Waals surface area contributed by atoms with Crippen LogP contribution < -0.4 is 10.9 Å². The maximum absolute atomic E-state index is 13.8. The first kappa shape index (κ1) is 24.6. The van der Waals surface area contributed by atoms with Crippen LogP contribution in [0.25, 0.3) is 16.9 Å². The summed E-state index contributed by atoms with van der Waals surface area (Å²) in [7, 11) is 0. The number of carbonyl (C=O) groups is 1. The van der Waals surface area contributed by atoms with Crippen molar-refractivity contribution in [3.63, 3.8) is 0 Å². The van der Waals surface area contributed by atoms with Gasteiger partial charge < -0.3 is 15.2 Å². The van der Waals surface area contributed by atoms with Crippen molar-refractivity contribution >= 4 is 5.91 Å². The molecule has 4 rings (SSSR count). The van der Waals surface area contributed by atoms with Gasteiger partial charge in [-0.3, -0.25) is 9.59 Å². The summed E-state index contributed by atoms with van der Waals surface area (Å²) in [6.45, 7) is 0.0576. The third kappa shape index (κ3) is 5.41. The Kier molecular flexibility index (Phi) is 6.99. The van der Waals surface area contributed by atoms with E-state index in [-0.39, 0.29) is 22.5 Å². The number of nitrogens with one attached hydrogen (secondary N) is 1. The van der Waals surface area contributed by atoms with Crippen molar-refractivity contribution in [2.45, 2.75) is 31.2 Å². The molecule has 0 aliphatic carbocycles. The largest absolute Gasteiger partial charge is 0.416 e. The van der Waals surface area contributed by atoms with Crippen molar-refractivity contribution in [1.82, 2.24) is 15.1 Å². The highest BCUT2D eigenvalue weighted by Gasteiger charge is 2.31. The molecule has 1 aliphatic rings. The zero-order valence-electron chi connectivity index (χ0n) is 18.3. The van der Waals surface area contributed by atoms with Crippen molar-refractivity contribution in [2.75, 3.05) is 13.2 Å². The minimum Gasteiger partial charge on any atom is -0.394 e. The molecule has 1 fully saturated rings. The Labute approximate surface area is 197 Å². The number of aliphatic hydroxyl groups is 1. The standard InChI is InChI=1S/C24H21F4N3O4/c25-16-3-1-4-17(11-16)31-23(34)18(22(33)29-20(13-32)21-5-2-10-35-21)12-19(30-31)14-6-8-15(9-7-14)24(26,27)28/h1,3-4,6-9,11-12,20-21,32H,2,5,10,13H2,(H,29,33)/t20-,21+/m0/s1. The zero-order chi connectivity index (χ0) is 25.2. The van der Waals surface area contributed by atoms with Gasteiger partial charge in [0, 0.05) is 12.2 Å². The third-order valence-corrected chi connectivity index (χ3v) is 5.64. The van der Waals surface area contributed by atoms with E-state index in [0.29, 0.717) is 13.0 Å². The summed E-state index contributed by atoms with van der Waals surface area (Å²) in [4.78, 5) is 26.2. The van der Waals surface area contributed by atoms with Gasteiger partial charge in [-0.15, -0.1) is 0 Å². The predicted molar refractivity (Wildman–Crippen MR) is 118 cm³/mol. The van der Waals surface area contributed by atoms with E-state index < -0.39 is 47.8 Å². The topological polar surface area (TPSA) is 93.4 Å². The molecule has 35 heavy (non-hydrogen) atoms. The minimum absolute atomic E-state index is 0.0189. The molecule has 2 atom stereocenters. The first-order chi connectivity index (χ1) is 16.7. The molecule has 1 aromatic heterocycles. The minimum atomic E-state index is -4.54. The summed E-state index contributed by atoms with van der Waals surface area (Å²) in [6, 6.07) is 9.37. The van der Waals surface area contributed by atoms with Crippen LogP contribution in [0.4, 0.5) is 17.6 Å². The van der Waals surface area contributed by atoms with E-state index in [1.54, 1.807) is 0 Å². The third-order valence-electron chi connectivity index (χ3n) is 5.64. The molecule has 2 N–H and O–H groups in total. The van der Waals surface area contributed by atoms with E-state index in [9.17, 15) is 32.3 Å². The number of rotatable bonds is 6. The molecular formula is C24H21F4N3O4. The highest BCUT2D eigenvalue weighted by atomic mass is 19.4. The Balaban J connectivity index is 1.78. The molecule has 2 heterocycles. The Morgan fingerprint density at radius 1 is 1.20 bits per heavy atom. The van der Waals surface area contributed by atoms with Crippen molar-refractivity contribution in [1.29, 1.82) is 0 Å². The second-order valence-electron chi connectivity index (χ2n) is 8.03. The fourth-order valence-electron chi connectivity index (χ4n) is 3.83. The second kappa shape index (κ2) is 9.96. The molecule has 0 saturated carbocycles. The summed E-state index contributed by atoms with van der Waals surface area (Å²) < 4.78 is 59.1. The molecular weight excluding hydrogens is 470 g/mol. The van der Waals surface area contributed by atoms with Crippen LogP contribution >= 0.6 is 0 Å². The van der Waals surface area contributed by atoms with Crippen molar-refractivity contribution in [2.24, 2.45) is 0 Å². The van der Waals surface area contributed by atoms with E-state index in [2.05, 4.69) is 10.4 Å². The number of hydrogen-bond donors (Lipinski definition) is 2. The predicted octanol–water partition coefficient (Wildman–Crippen LogP) is 3.33. The molecule has 0 unspecified atom stereocenters. The lowest BCUT2D eigenvalue weighted by Crippen LogP contribution is -2.47. The van der Waals surface area contributed by atoms with Gasteiger partial charge in [0.25, 0.3) is 11.5 Å². The normalized spacial score (nSPS) is 16.8. The van der Waals surface area contributed by atoms with Crippen LogP contribution in [0.3, 0.4) is 0 Å². The van der Waals surface area contributed by atoms with Gasteiger partial charge in [-0.05, 0) is 49.2 Å². The van der Waals surface area contributed by atoms with Crippen molar-refractivity contribution in [3.8, 4) is 16.9 Å². The molecule has 2 aromatic carbocycles. The van der Waals surface area contributed by atoms with Crippen LogP contribution in [0.2, 0.25) is 0 Å².